The molecule has 2 amide bonds. The summed E-state index contributed by atoms with van der Waals surface area (Å²) in [5.41, 5.74) is 1.04. The molecule has 0 aliphatic carbocycles. The summed E-state index contributed by atoms with van der Waals surface area (Å²) in [6, 6.07) is 1.82. The Balaban J connectivity index is 2.44. The Kier molecular flexibility index (Phi) is 4.95. The molecule has 0 bridgehead atoms. The Labute approximate surface area is 107 Å². The average molecular weight is 305 g/mol. The predicted molar refractivity (Wildman–Crippen MR) is 67.8 cm³/mol. The molecule has 0 atom stereocenters. The van der Waals surface area contributed by atoms with E-state index in [9.17, 15) is 9.59 Å². The second-order valence-corrected chi connectivity index (χ2v) is 5.62. The minimum absolute atomic E-state index is 0.0798. The van der Waals surface area contributed by atoms with Gasteiger partial charge in [-0.3, -0.25) is 9.59 Å². The minimum atomic E-state index is -0.136. The molecule has 0 saturated carbocycles. The van der Waals surface area contributed by atoms with E-state index in [1.165, 1.54) is 11.3 Å². The zero-order chi connectivity index (χ0) is 12.1. The molecule has 4 nitrogen and oxygen atoms in total. The fourth-order valence-electron chi connectivity index (χ4n) is 1.07. The van der Waals surface area contributed by atoms with Gasteiger partial charge in [-0.15, -0.1) is 11.3 Å². The van der Waals surface area contributed by atoms with Gasteiger partial charge >= 0.3 is 0 Å². The summed E-state index contributed by atoms with van der Waals surface area (Å²) in [5.74, 6) is -0.216. The minimum Gasteiger partial charge on any atom is -0.359 e. The lowest BCUT2D eigenvalue weighted by molar-refractivity contribution is -0.120. The third-order valence-electron chi connectivity index (χ3n) is 2.00. The summed E-state index contributed by atoms with van der Waals surface area (Å²) in [6.07, 6.45) is 0.299. The van der Waals surface area contributed by atoms with Crippen molar-refractivity contribution in [2.24, 2.45) is 0 Å². The maximum absolute atomic E-state index is 11.6. The Morgan fingerprint density at radius 1 is 1.50 bits per heavy atom. The quantitative estimate of drug-likeness (QED) is 0.889. The Morgan fingerprint density at radius 3 is 2.69 bits per heavy atom. The molecule has 88 valence electrons. The molecule has 0 saturated heterocycles. The Morgan fingerprint density at radius 2 is 2.19 bits per heavy atom. The second kappa shape index (κ2) is 6.00. The number of aryl methyl sites for hydroxylation is 1. The van der Waals surface area contributed by atoms with Gasteiger partial charge < -0.3 is 10.6 Å². The maximum Gasteiger partial charge on any atom is 0.261 e. The molecule has 2 N–H and O–H groups in total. The number of nitrogens with one attached hydrogen (secondary N) is 2. The number of hydrogen-bond acceptors (Lipinski definition) is 3. The summed E-state index contributed by atoms with van der Waals surface area (Å²) >= 11 is 4.75. The zero-order valence-corrected chi connectivity index (χ0v) is 11.5. The van der Waals surface area contributed by atoms with Gasteiger partial charge in [0.25, 0.3) is 5.91 Å². The van der Waals surface area contributed by atoms with Crippen LogP contribution in [0, 0.1) is 6.92 Å². The third kappa shape index (κ3) is 3.61. The topological polar surface area (TPSA) is 58.2 Å². The molecule has 1 rings (SSSR count). The van der Waals surface area contributed by atoms with Crippen molar-refractivity contribution in [2.45, 2.75) is 13.3 Å². The van der Waals surface area contributed by atoms with Crippen molar-refractivity contribution in [3.8, 4) is 0 Å². The smallest absolute Gasteiger partial charge is 0.261 e. The van der Waals surface area contributed by atoms with Crippen LogP contribution >= 0.6 is 27.3 Å². The van der Waals surface area contributed by atoms with E-state index in [4.69, 9.17) is 0 Å². The summed E-state index contributed by atoms with van der Waals surface area (Å²) in [4.78, 5) is 23.2. The lowest BCUT2D eigenvalue weighted by Crippen LogP contribution is -2.28. The Bertz CT molecular complexity index is 384. The second-order valence-electron chi connectivity index (χ2n) is 3.25. The summed E-state index contributed by atoms with van der Waals surface area (Å²) in [6.45, 7) is 2.29. The molecular weight excluding hydrogens is 292 g/mol. The van der Waals surface area contributed by atoms with Gasteiger partial charge in [0.2, 0.25) is 5.91 Å². The van der Waals surface area contributed by atoms with E-state index in [1.54, 1.807) is 7.05 Å². The number of rotatable bonds is 4. The highest BCUT2D eigenvalue weighted by atomic mass is 79.9. The first-order valence-corrected chi connectivity index (χ1v) is 6.40. The van der Waals surface area contributed by atoms with E-state index in [-0.39, 0.29) is 11.8 Å². The van der Waals surface area contributed by atoms with Crippen LogP contribution in [-0.2, 0) is 4.79 Å². The average Bonchev–Trinajstić information content (AvgIpc) is 2.59. The normalized spacial score (nSPS) is 9.94. The molecule has 6 heteroatoms. The van der Waals surface area contributed by atoms with E-state index in [0.29, 0.717) is 17.8 Å². The maximum atomic E-state index is 11.6. The number of halogens is 1. The lowest BCUT2D eigenvalue weighted by atomic mass is 10.3. The highest BCUT2D eigenvalue weighted by Crippen LogP contribution is 2.27. The molecule has 0 aliphatic rings. The monoisotopic (exact) mass is 304 g/mol. The van der Waals surface area contributed by atoms with Crippen LogP contribution in [0.5, 0.6) is 0 Å². The standard InChI is InChI=1S/C10H13BrN2O2S/c1-6-5-7(16-9(6)11)10(15)13-4-3-8(14)12-2/h5H,3-4H2,1-2H3,(H,12,14)(H,13,15). The van der Waals surface area contributed by atoms with Crippen LogP contribution in [0.25, 0.3) is 0 Å². The van der Waals surface area contributed by atoms with Crippen LogP contribution < -0.4 is 10.6 Å². The van der Waals surface area contributed by atoms with Gasteiger partial charge in [-0.25, -0.2) is 0 Å². The molecule has 0 aromatic carbocycles. The van der Waals surface area contributed by atoms with Crippen LogP contribution in [0.4, 0.5) is 0 Å². The molecule has 0 unspecified atom stereocenters. The number of amides is 2. The molecule has 1 heterocycles. The molecule has 16 heavy (non-hydrogen) atoms. The van der Waals surface area contributed by atoms with Gasteiger partial charge in [0.15, 0.2) is 0 Å². The van der Waals surface area contributed by atoms with Crippen molar-refractivity contribution in [3.63, 3.8) is 0 Å². The van der Waals surface area contributed by atoms with Crippen LogP contribution in [0.15, 0.2) is 9.85 Å². The number of carbonyl (C=O) groups is 2. The SMILES string of the molecule is CNC(=O)CCNC(=O)c1cc(C)c(Br)s1. The van der Waals surface area contributed by atoms with Crippen molar-refractivity contribution in [2.75, 3.05) is 13.6 Å². The van der Waals surface area contributed by atoms with E-state index < -0.39 is 0 Å². The van der Waals surface area contributed by atoms with Crippen molar-refractivity contribution >= 4 is 39.1 Å². The van der Waals surface area contributed by atoms with Gasteiger partial charge in [0.1, 0.15) is 0 Å². The molecule has 0 fully saturated rings. The number of carbonyl (C=O) groups excluding carboxylic acids is 2. The largest absolute Gasteiger partial charge is 0.359 e. The van der Waals surface area contributed by atoms with Gasteiger partial charge in [-0.05, 0) is 34.5 Å². The first kappa shape index (κ1) is 13.2. The predicted octanol–water partition coefficient (Wildman–Crippen LogP) is 1.68. The fraction of sp³-hybridized carbons (Fsp3) is 0.400. The highest BCUT2D eigenvalue weighted by molar-refractivity contribution is 9.11. The van der Waals surface area contributed by atoms with E-state index in [1.807, 2.05) is 13.0 Å². The number of hydrogen-bond donors (Lipinski definition) is 2. The number of thiophene rings is 1. The zero-order valence-electron chi connectivity index (χ0n) is 9.09. The van der Waals surface area contributed by atoms with Crippen molar-refractivity contribution < 1.29 is 9.59 Å². The molecular formula is C10H13BrN2O2S. The highest BCUT2D eigenvalue weighted by Gasteiger charge is 2.10. The van der Waals surface area contributed by atoms with Crippen LogP contribution in [0.3, 0.4) is 0 Å². The molecule has 0 radical (unpaired) electrons. The summed E-state index contributed by atoms with van der Waals surface area (Å²) in [5, 5.41) is 5.19. The van der Waals surface area contributed by atoms with Crippen LogP contribution in [0.1, 0.15) is 21.7 Å². The van der Waals surface area contributed by atoms with Crippen LogP contribution in [0.2, 0.25) is 0 Å². The van der Waals surface area contributed by atoms with Crippen molar-refractivity contribution in [1.82, 2.24) is 10.6 Å². The lowest BCUT2D eigenvalue weighted by Gasteiger charge is -2.02. The molecule has 1 aromatic heterocycles. The van der Waals surface area contributed by atoms with Crippen molar-refractivity contribution in [1.29, 1.82) is 0 Å². The van der Waals surface area contributed by atoms with Gasteiger partial charge in [0, 0.05) is 20.0 Å². The van der Waals surface area contributed by atoms with Crippen LogP contribution in [-0.4, -0.2) is 25.4 Å². The fourth-order valence-corrected chi connectivity index (χ4v) is 2.52. The van der Waals surface area contributed by atoms with Gasteiger partial charge in [-0.2, -0.15) is 0 Å². The van der Waals surface area contributed by atoms with E-state index >= 15 is 0 Å². The third-order valence-corrected chi connectivity index (χ3v) is 4.13. The first-order chi connectivity index (χ1) is 7.54. The molecule has 0 aliphatic heterocycles. The van der Waals surface area contributed by atoms with E-state index in [0.717, 1.165) is 9.35 Å². The van der Waals surface area contributed by atoms with E-state index in [2.05, 4.69) is 26.6 Å². The van der Waals surface area contributed by atoms with Gasteiger partial charge in [0.05, 0.1) is 8.66 Å². The summed E-state index contributed by atoms with van der Waals surface area (Å²) in [7, 11) is 1.57. The first-order valence-electron chi connectivity index (χ1n) is 4.79. The van der Waals surface area contributed by atoms with Crippen molar-refractivity contribution in [3.05, 3.63) is 20.3 Å². The Hall–Kier alpha value is -0.880. The summed E-state index contributed by atoms with van der Waals surface area (Å²) < 4.78 is 0.962. The molecule has 0 spiro atoms. The van der Waals surface area contributed by atoms with Gasteiger partial charge in [-0.1, -0.05) is 0 Å². The molecule has 1 aromatic rings.